The normalized spacial score (nSPS) is 15.3. The zero-order valence-corrected chi connectivity index (χ0v) is 13.0. The van der Waals surface area contributed by atoms with Crippen LogP contribution in [0.5, 0.6) is 0 Å². The predicted molar refractivity (Wildman–Crippen MR) is 81.4 cm³/mol. The summed E-state index contributed by atoms with van der Waals surface area (Å²) in [5.41, 5.74) is 6.74. The molecule has 7 nitrogen and oxygen atoms in total. The number of nitrogens with zero attached hydrogens (tertiary/aromatic N) is 2. The Morgan fingerprint density at radius 2 is 2.05 bits per heavy atom. The Labute approximate surface area is 130 Å². The van der Waals surface area contributed by atoms with Crippen LogP contribution in [0.1, 0.15) is 0 Å². The lowest BCUT2D eigenvalue weighted by Crippen LogP contribution is -2.54. The van der Waals surface area contributed by atoms with Gasteiger partial charge >= 0.3 is 0 Å². The third-order valence-corrected chi connectivity index (χ3v) is 3.73. The van der Waals surface area contributed by atoms with Gasteiger partial charge in [0.25, 0.3) is 0 Å². The van der Waals surface area contributed by atoms with Crippen LogP contribution in [-0.2, 0) is 14.4 Å². The molecule has 1 aromatic rings. The first-order valence-electron chi connectivity index (χ1n) is 6.23. The summed E-state index contributed by atoms with van der Waals surface area (Å²) < 4.78 is 0.650. The zero-order valence-electron chi connectivity index (χ0n) is 11.4. The number of piperazine rings is 1. The van der Waals surface area contributed by atoms with Crippen molar-refractivity contribution in [3.05, 3.63) is 22.7 Å². The van der Waals surface area contributed by atoms with Gasteiger partial charge in [0.1, 0.15) is 13.1 Å². The molecule has 3 amide bonds. The number of hydrogen-bond acceptors (Lipinski definition) is 4. The Morgan fingerprint density at radius 3 is 2.71 bits per heavy atom. The number of nitrogens with two attached hydrogens (primary N) is 1. The summed E-state index contributed by atoms with van der Waals surface area (Å²) >= 11 is 3.29. The van der Waals surface area contributed by atoms with Crippen molar-refractivity contribution in [2.24, 2.45) is 0 Å². The molecule has 1 fully saturated rings. The maximum Gasteiger partial charge on any atom is 0.244 e. The van der Waals surface area contributed by atoms with E-state index in [1.165, 1.54) is 9.80 Å². The molecule has 0 spiro atoms. The molecule has 1 aliphatic heterocycles. The van der Waals surface area contributed by atoms with Crippen molar-refractivity contribution in [3.63, 3.8) is 0 Å². The highest BCUT2D eigenvalue weighted by Gasteiger charge is 2.28. The van der Waals surface area contributed by atoms with Crippen LogP contribution < -0.4 is 11.1 Å². The highest BCUT2D eigenvalue weighted by Crippen LogP contribution is 2.24. The van der Waals surface area contributed by atoms with E-state index in [-0.39, 0.29) is 37.4 Å². The highest BCUT2D eigenvalue weighted by atomic mass is 79.9. The molecule has 8 heteroatoms. The summed E-state index contributed by atoms with van der Waals surface area (Å²) in [5, 5.41) is 2.67. The van der Waals surface area contributed by atoms with E-state index in [1.54, 1.807) is 25.2 Å². The van der Waals surface area contributed by atoms with Crippen LogP contribution in [-0.4, -0.2) is 54.2 Å². The number of halogens is 1. The Hall–Kier alpha value is -2.09. The van der Waals surface area contributed by atoms with Gasteiger partial charge in [-0.05, 0) is 34.1 Å². The standard InChI is InChI=1S/C13H15BrN4O3/c1-17-6-13(21)18(7-12(17)20)5-11(19)16-10-3-2-8(15)4-9(10)14/h2-4H,5-7,15H2,1H3,(H,16,19). The number of hydrogen-bond donors (Lipinski definition) is 2. The first-order valence-corrected chi connectivity index (χ1v) is 7.02. The number of nitrogen functional groups attached to an aromatic ring is 1. The maximum atomic E-state index is 12.0. The minimum absolute atomic E-state index is 0.00230. The van der Waals surface area contributed by atoms with E-state index in [9.17, 15) is 14.4 Å². The molecule has 1 aromatic carbocycles. The van der Waals surface area contributed by atoms with Gasteiger partial charge in [0.2, 0.25) is 17.7 Å². The number of amides is 3. The topological polar surface area (TPSA) is 95.7 Å². The van der Waals surface area contributed by atoms with Gasteiger partial charge in [-0.15, -0.1) is 0 Å². The van der Waals surface area contributed by atoms with E-state index in [0.29, 0.717) is 15.8 Å². The third kappa shape index (κ3) is 3.72. The van der Waals surface area contributed by atoms with E-state index in [1.807, 2.05) is 0 Å². The highest BCUT2D eigenvalue weighted by molar-refractivity contribution is 9.10. The van der Waals surface area contributed by atoms with E-state index in [0.717, 1.165) is 0 Å². The fourth-order valence-corrected chi connectivity index (χ4v) is 2.40. The number of nitrogens with one attached hydrogen (secondary N) is 1. The smallest absolute Gasteiger partial charge is 0.244 e. The van der Waals surface area contributed by atoms with E-state index < -0.39 is 0 Å². The van der Waals surface area contributed by atoms with Gasteiger partial charge in [0.15, 0.2) is 0 Å². The second kappa shape index (κ2) is 6.13. The largest absolute Gasteiger partial charge is 0.399 e. The fourth-order valence-electron chi connectivity index (χ4n) is 1.90. The Kier molecular flexibility index (Phi) is 4.46. The van der Waals surface area contributed by atoms with Crippen LogP contribution in [0.2, 0.25) is 0 Å². The summed E-state index contributed by atoms with van der Waals surface area (Å²) in [6.07, 6.45) is 0. The molecule has 0 unspecified atom stereocenters. The molecule has 3 N–H and O–H groups in total. The van der Waals surface area contributed by atoms with Crippen LogP contribution in [0.4, 0.5) is 11.4 Å². The summed E-state index contributed by atoms with van der Waals surface area (Å²) in [5.74, 6) is -0.800. The molecule has 0 saturated carbocycles. The minimum Gasteiger partial charge on any atom is -0.399 e. The molecule has 0 bridgehead atoms. The number of benzene rings is 1. The van der Waals surface area contributed by atoms with Crippen LogP contribution in [0, 0.1) is 0 Å². The molecule has 1 aliphatic rings. The Morgan fingerprint density at radius 1 is 1.33 bits per heavy atom. The van der Waals surface area contributed by atoms with Gasteiger partial charge in [-0.1, -0.05) is 0 Å². The quantitative estimate of drug-likeness (QED) is 0.761. The molecular formula is C13H15BrN4O3. The van der Waals surface area contributed by atoms with Crippen molar-refractivity contribution in [3.8, 4) is 0 Å². The van der Waals surface area contributed by atoms with Crippen LogP contribution in [0.3, 0.4) is 0 Å². The number of carbonyl (C=O) groups excluding carboxylic acids is 3. The van der Waals surface area contributed by atoms with Crippen molar-refractivity contribution >= 4 is 45.0 Å². The van der Waals surface area contributed by atoms with Gasteiger partial charge < -0.3 is 20.9 Å². The second-order valence-corrected chi connectivity index (χ2v) is 5.64. The van der Waals surface area contributed by atoms with Gasteiger partial charge in [-0.2, -0.15) is 0 Å². The third-order valence-electron chi connectivity index (χ3n) is 3.08. The summed E-state index contributed by atoms with van der Waals surface area (Å²) in [4.78, 5) is 37.9. The molecule has 0 atom stereocenters. The number of likely N-dealkylation sites (N-methyl/N-ethyl adjacent to an activating group) is 1. The molecule has 2 rings (SSSR count). The average molecular weight is 355 g/mol. The lowest BCUT2D eigenvalue weighted by molar-refractivity contribution is -0.149. The second-order valence-electron chi connectivity index (χ2n) is 4.79. The van der Waals surface area contributed by atoms with Gasteiger partial charge in [0, 0.05) is 17.2 Å². The summed E-state index contributed by atoms with van der Waals surface area (Å²) in [6.45, 7) is -0.238. The Balaban J connectivity index is 1.98. The van der Waals surface area contributed by atoms with Crippen molar-refractivity contribution in [1.29, 1.82) is 0 Å². The first kappa shape index (κ1) is 15.3. The number of carbonyl (C=O) groups is 3. The van der Waals surface area contributed by atoms with E-state index in [2.05, 4.69) is 21.2 Å². The molecule has 1 saturated heterocycles. The van der Waals surface area contributed by atoms with Crippen molar-refractivity contribution in [2.45, 2.75) is 0 Å². The molecule has 0 radical (unpaired) electrons. The van der Waals surface area contributed by atoms with Gasteiger partial charge in [-0.25, -0.2) is 0 Å². The molecule has 21 heavy (non-hydrogen) atoms. The van der Waals surface area contributed by atoms with Gasteiger partial charge in [0.05, 0.1) is 12.2 Å². The average Bonchev–Trinajstić information content (AvgIpc) is 2.39. The molecular weight excluding hydrogens is 340 g/mol. The van der Waals surface area contributed by atoms with Crippen LogP contribution in [0.25, 0.3) is 0 Å². The summed E-state index contributed by atoms with van der Waals surface area (Å²) in [6, 6.07) is 4.99. The van der Waals surface area contributed by atoms with E-state index >= 15 is 0 Å². The van der Waals surface area contributed by atoms with Crippen molar-refractivity contribution in [2.75, 3.05) is 37.7 Å². The SMILES string of the molecule is CN1CC(=O)N(CC(=O)Nc2ccc(N)cc2Br)CC1=O. The maximum absolute atomic E-state index is 12.0. The van der Waals surface area contributed by atoms with Crippen LogP contribution >= 0.6 is 15.9 Å². The lowest BCUT2D eigenvalue weighted by Gasteiger charge is -2.31. The minimum atomic E-state index is -0.369. The van der Waals surface area contributed by atoms with Crippen molar-refractivity contribution < 1.29 is 14.4 Å². The fraction of sp³-hybridized carbons (Fsp3) is 0.308. The lowest BCUT2D eigenvalue weighted by atomic mass is 10.2. The number of anilines is 2. The Bertz CT molecular complexity index is 605. The summed E-state index contributed by atoms with van der Waals surface area (Å²) in [7, 11) is 1.56. The number of rotatable bonds is 3. The van der Waals surface area contributed by atoms with Gasteiger partial charge in [-0.3, -0.25) is 14.4 Å². The molecule has 1 heterocycles. The molecule has 0 aromatic heterocycles. The van der Waals surface area contributed by atoms with Crippen LogP contribution in [0.15, 0.2) is 22.7 Å². The van der Waals surface area contributed by atoms with Crippen molar-refractivity contribution in [1.82, 2.24) is 9.80 Å². The molecule has 112 valence electrons. The first-order chi connectivity index (χ1) is 9.86. The monoisotopic (exact) mass is 354 g/mol. The predicted octanol–water partition coefficient (Wildman–Crippen LogP) is 0.270. The molecule has 0 aliphatic carbocycles. The van der Waals surface area contributed by atoms with E-state index in [4.69, 9.17) is 5.73 Å². The zero-order chi connectivity index (χ0) is 15.6.